The normalized spacial score (nSPS) is 15.0. The molecule has 1 aromatic rings. The fourth-order valence-corrected chi connectivity index (χ4v) is 2.00. The maximum Gasteiger partial charge on any atom is 0.164 e. The van der Waals surface area contributed by atoms with Crippen LogP contribution in [0.15, 0.2) is 12.1 Å². The second kappa shape index (κ2) is 3.98. The van der Waals surface area contributed by atoms with Gasteiger partial charge in [0.2, 0.25) is 0 Å². The largest absolute Gasteiger partial charge is 0.486 e. The third kappa shape index (κ3) is 2.47. The summed E-state index contributed by atoms with van der Waals surface area (Å²) in [6, 6.07) is 4.14. The van der Waals surface area contributed by atoms with Gasteiger partial charge >= 0.3 is 0 Å². The predicted molar refractivity (Wildman–Crippen MR) is 64.1 cm³/mol. The van der Waals surface area contributed by atoms with E-state index in [4.69, 9.17) is 15.2 Å². The van der Waals surface area contributed by atoms with Gasteiger partial charge < -0.3 is 15.2 Å². The van der Waals surface area contributed by atoms with Crippen molar-refractivity contribution in [3.63, 3.8) is 0 Å². The summed E-state index contributed by atoms with van der Waals surface area (Å²) in [4.78, 5) is 0. The van der Waals surface area contributed by atoms with Gasteiger partial charge in [0.15, 0.2) is 11.5 Å². The maximum atomic E-state index is 6.05. The first kappa shape index (κ1) is 11.3. The van der Waals surface area contributed by atoms with Crippen molar-refractivity contribution in [1.82, 2.24) is 0 Å². The molecule has 88 valence electrons. The second-order valence-electron chi connectivity index (χ2n) is 5.11. The summed E-state index contributed by atoms with van der Waals surface area (Å²) in [6.07, 6.45) is 0.792. The van der Waals surface area contributed by atoms with E-state index >= 15 is 0 Å². The first-order chi connectivity index (χ1) is 7.46. The third-order valence-corrected chi connectivity index (χ3v) is 2.51. The molecule has 0 amide bonds. The maximum absolute atomic E-state index is 6.05. The SMILES string of the molecule is Cc1cc(CC(C)(C)N)c2c(c1)OCCO2. The standard InChI is InChI=1S/C13H19NO2/c1-9-6-10(8-13(2,3)14)12-11(7-9)15-4-5-16-12/h6-7H,4-5,8,14H2,1-3H3. The lowest BCUT2D eigenvalue weighted by atomic mass is 9.94. The Hall–Kier alpha value is -1.22. The number of hydrogen-bond acceptors (Lipinski definition) is 3. The molecule has 3 heteroatoms. The molecule has 1 aromatic carbocycles. The van der Waals surface area contributed by atoms with Crippen LogP contribution in [0.1, 0.15) is 25.0 Å². The molecule has 3 nitrogen and oxygen atoms in total. The van der Waals surface area contributed by atoms with Crippen LogP contribution in [0, 0.1) is 6.92 Å². The zero-order valence-electron chi connectivity index (χ0n) is 10.2. The predicted octanol–water partition coefficient (Wildman–Crippen LogP) is 2.05. The summed E-state index contributed by atoms with van der Waals surface area (Å²) in [5, 5.41) is 0. The molecular formula is C13H19NO2. The van der Waals surface area contributed by atoms with Gasteiger partial charge in [-0.1, -0.05) is 6.07 Å². The number of benzene rings is 1. The van der Waals surface area contributed by atoms with Crippen molar-refractivity contribution in [2.75, 3.05) is 13.2 Å². The van der Waals surface area contributed by atoms with Crippen molar-refractivity contribution in [3.05, 3.63) is 23.3 Å². The van der Waals surface area contributed by atoms with Crippen LogP contribution in [0.3, 0.4) is 0 Å². The van der Waals surface area contributed by atoms with Gasteiger partial charge in [-0.15, -0.1) is 0 Å². The van der Waals surface area contributed by atoms with Crippen LogP contribution in [0.2, 0.25) is 0 Å². The number of hydrogen-bond donors (Lipinski definition) is 1. The Morgan fingerprint density at radius 1 is 1.25 bits per heavy atom. The number of fused-ring (bicyclic) bond motifs is 1. The van der Waals surface area contributed by atoms with Crippen molar-refractivity contribution in [2.45, 2.75) is 32.7 Å². The molecule has 0 fully saturated rings. The van der Waals surface area contributed by atoms with Gasteiger partial charge in [-0.05, 0) is 38.8 Å². The quantitative estimate of drug-likeness (QED) is 0.831. The minimum absolute atomic E-state index is 0.234. The van der Waals surface area contributed by atoms with Gasteiger partial charge in [0.05, 0.1) is 0 Å². The van der Waals surface area contributed by atoms with Gasteiger partial charge in [0.25, 0.3) is 0 Å². The topological polar surface area (TPSA) is 44.5 Å². The van der Waals surface area contributed by atoms with E-state index in [1.54, 1.807) is 0 Å². The molecule has 1 aliphatic rings. The molecule has 0 aliphatic carbocycles. The average Bonchev–Trinajstić information content (AvgIpc) is 2.14. The van der Waals surface area contributed by atoms with Crippen LogP contribution in [0.5, 0.6) is 11.5 Å². The molecule has 16 heavy (non-hydrogen) atoms. The van der Waals surface area contributed by atoms with E-state index in [-0.39, 0.29) is 5.54 Å². The van der Waals surface area contributed by atoms with Gasteiger partial charge in [0.1, 0.15) is 13.2 Å². The minimum Gasteiger partial charge on any atom is -0.486 e. The van der Waals surface area contributed by atoms with Crippen LogP contribution in [0.25, 0.3) is 0 Å². The van der Waals surface area contributed by atoms with Gasteiger partial charge in [-0.25, -0.2) is 0 Å². The zero-order chi connectivity index (χ0) is 11.8. The highest BCUT2D eigenvalue weighted by Gasteiger charge is 2.21. The van der Waals surface area contributed by atoms with Crippen LogP contribution >= 0.6 is 0 Å². The van der Waals surface area contributed by atoms with Crippen molar-refractivity contribution in [1.29, 1.82) is 0 Å². The summed E-state index contributed by atoms with van der Waals surface area (Å²) in [7, 11) is 0. The molecule has 1 aliphatic heterocycles. The smallest absolute Gasteiger partial charge is 0.164 e. The Kier molecular flexibility index (Phi) is 2.80. The van der Waals surface area contributed by atoms with Gasteiger partial charge in [-0.3, -0.25) is 0 Å². The highest BCUT2D eigenvalue weighted by molar-refractivity contribution is 5.50. The lowest BCUT2D eigenvalue weighted by molar-refractivity contribution is 0.169. The average molecular weight is 221 g/mol. The Labute approximate surface area is 96.5 Å². The molecule has 2 rings (SSSR count). The van der Waals surface area contributed by atoms with E-state index in [0.717, 1.165) is 23.5 Å². The molecule has 0 radical (unpaired) electrons. The Morgan fingerprint density at radius 3 is 2.62 bits per heavy atom. The summed E-state index contributed by atoms with van der Waals surface area (Å²) < 4.78 is 11.3. The fourth-order valence-electron chi connectivity index (χ4n) is 2.00. The highest BCUT2D eigenvalue weighted by atomic mass is 16.6. The molecule has 0 unspecified atom stereocenters. The fraction of sp³-hybridized carbons (Fsp3) is 0.538. The zero-order valence-corrected chi connectivity index (χ0v) is 10.2. The molecule has 1 heterocycles. The molecule has 0 saturated carbocycles. The van der Waals surface area contributed by atoms with E-state index in [1.807, 2.05) is 19.9 Å². The van der Waals surface area contributed by atoms with E-state index < -0.39 is 0 Å². The Morgan fingerprint density at radius 2 is 1.94 bits per heavy atom. The molecule has 0 spiro atoms. The lowest BCUT2D eigenvalue weighted by Crippen LogP contribution is -2.34. The summed E-state index contributed by atoms with van der Waals surface area (Å²) in [5.41, 5.74) is 8.15. The Balaban J connectivity index is 2.39. The number of aryl methyl sites for hydroxylation is 1. The van der Waals surface area contributed by atoms with Crippen molar-refractivity contribution < 1.29 is 9.47 Å². The second-order valence-corrected chi connectivity index (χ2v) is 5.11. The first-order valence-electron chi connectivity index (χ1n) is 5.64. The van der Waals surface area contributed by atoms with Crippen LogP contribution in [-0.2, 0) is 6.42 Å². The van der Waals surface area contributed by atoms with E-state index in [9.17, 15) is 0 Å². The van der Waals surface area contributed by atoms with Gasteiger partial charge in [0, 0.05) is 11.1 Å². The van der Waals surface area contributed by atoms with Crippen LogP contribution in [0.4, 0.5) is 0 Å². The minimum atomic E-state index is -0.234. The monoisotopic (exact) mass is 221 g/mol. The lowest BCUT2D eigenvalue weighted by Gasteiger charge is -2.25. The number of rotatable bonds is 2. The molecule has 0 saturated heterocycles. The molecular weight excluding hydrogens is 202 g/mol. The highest BCUT2D eigenvalue weighted by Crippen LogP contribution is 2.36. The summed E-state index contributed by atoms with van der Waals surface area (Å²) in [6.45, 7) is 7.35. The molecule has 0 atom stereocenters. The van der Waals surface area contributed by atoms with E-state index in [2.05, 4.69) is 13.0 Å². The van der Waals surface area contributed by atoms with E-state index in [0.29, 0.717) is 13.2 Å². The van der Waals surface area contributed by atoms with Crippen LogP contribution in [-0.4, -0.2) is 18.8 Å². The third-order valence-electron chi connectivity index (χ3n) is 2.51. The summed E-state index contributed by atoms with van der Waals surface area (Å²) >= 11 is 0. The number of nitrogens with two attached hydrogens (primary N) is 1. The Bertz CT molecular complexity index is 394. The molecule has 2 N–H and O–H groups in total. The molecule has 0 aromatic heterocycles. The summed E-state index contributed by atoms with van der Waals surface area (Å²) in [5.74, 6) is 1.72. The van der Waals surface area contributed by atoms with Gasteiger partial charge in [-0.2, -0.15) is 0 Å². The number of ether oxygens (including phenoxy) is 2. The van der Waals surface area contributed by atoms with Crippen molar-refractivity contribution in [2.24, 2.45) is 5.73 Å². The van der Waals surface area contributed by atoms with Crippen LogP contribution < -0.4 is 15.2 Å². The van der Waals surface area contributed by atoms with Crippen molar-refractivity contribution >= 4 is 0 Å². The van der Waals surface area contributed by atoms with E-state index in [1.165, 1.54) is 5.56 Å². The molecule has 0 bridgehead atoms. The first-order valence-corrected chi connectivity index (χ1v) is 5.64. The van der Waals surface area contributed by atoms with Crippen molar-refractivity contribution in [3.8, 4) is 11.5 Å².